The highest BCUT2D eigenvalue weighted by atomic mass is 32.1. The second-order valence-corrected chi connectivity index (χ2v) is 9.53. The number of hydrogen-bond donors (Lipinski definition) is 4. The van der Waals surface area contributed by atoms with Crippen LogP contribution in [0.3, 0.4) is 0 Å². The number of anilines is 2. The van der Waals surface area contributed by atoms with Crippen molar-refractivity contribution >= 4 is 44.9 Å². The molecule has 3 aromatic carbocycles. The van der Waals surface area contributed by atoms with Crippen LogP contribution in [0.15, 0.2) is 84.5 Å². The molecule has 0 radical (unpaired) electrons. The molecule has 0 saturated heterocycles. The van der Waals surface area contributed by atoms with Crippen LogP contribution in [0.2, 0.25) is 0 Å². The smallest absolute Gasteiger partial charge is 0.323 e. The molecular weight excluding hydrogens is 500 g/mol. The van der Waals surface area contributed by atoms with Crippen molar-refractivity contribution in [3.63, 3.8) is 0 Å². The van der Waals surface area contributed by atoms with Gasteiger partial charge in [-0.05, 0) is 47.4 Å². The fraction of sp³-hybridized carbons (Fsp3) is 0.103. The molecule has 5 aromatic rings. The molecule has 0 aliphatic carbocycles. The van der Waals surface area contributed by atoms with Crippen LogP contribution in [-0.2, 0) is 17.8 Å². The average Bonchev–Trinajstić information content (AvgIpc) is 3.37. The molecule has 0 fully saturated rings. The van der Waals surface area contributed by atoms with E-state index in [9.17, 15) is 9.59 Å². The zero-order chi connectivity index (χ0) is 26.5. The Kier molecular flexibility index (Phi) is 7.39. The summed E-state index contributed by atoms with van der Waals surface area (Å²) >= 11 is 1.57. The molecule has 9 heteroatoms. The Bertz CT molecular complexity index is 1580. The minimum Gasteiger partial charge on any atom is -0.481 e. The number of urea groups is 1. The van der Waals surface area contributed by atoms with E-state index in [1.165, 1.54) is 0 Å². The lowest BCUT2D eigenvalue weighted by Crippen LogP contribution is -2.19. The van der Waals surface area contributed by atoms with Crippen molar-refractivity contribution in [1.82, 2.24) is 9.97 Å². The minimum atomic E-state index is -0.806. The lowest BCUT2D eigenvalue weighted by molar-refractivity contribution is -0.136. The average molecular weight is 525 g/mol. The van der Waals surface area contributed by atoms with E-state index in [1.807, 2.05) is 48.5 Å². The third-order valence-corrected chi connectivity index (χ3v) is 7.03. The molecule has 0 unspecified atom stereocenters. The van der Waals surface area contributed by atoms with Gasteiger partial charge in [0.1, 0.15) is 6.33 Å². The van der Waals surface area contributed by atoms with Crippen LogP contribution in [-0.4, -0.2) is 32.2 Å². The van der Waals surface area contributed by atoms with Gasteiger partial charge < -0.3 is 20.8 Å². The fourth-order valence-corrected chi connectivity index (χ4v) is 5.10. The Morgan fingerprint density at radius 3 is 2.03 bits per heavy atom. The van der Waals surface area contributed by atoms with E-state index in [4.69, 9.17) is 10.2 Å². The van der Waals surface area contributed by atoms with Gasteiger partial charge in [0.05, 0.1) is 22.5 Å². The number of carboxylic acids is 1. The molecule has 0 aliphatic heterocycles. The van der Waals surface area contributed by atoms with Crippen molar-refractivity contribution in [3.05, 3.63) is 95.6 Å². The number of hydrogen-bond acceptors (Lipinski definition) is 6. The number of aliphatic carboxylic acids is 1. The molecule has 38 heavy (non-hydrogen) atoms. The molecule has 4 N–H and O–H groups in total. The molecule has 0 saturated carbocycles. The normalized spacial score (nSPS) is 10.9. The van der Waals surface area contributed by atoms with Crippen molar-refractivity contribution in [2.45, 2.75) is 19.4 Å². The summed E-state index contributed by atoms with van der Waals surface area (Å²) in [6, 6.07) is 22.0. The highest BCUT2D eigenvalue weighted by molar-refractivity contribution is 7.18. The third kappa shape index (κ3) is 5.69. The van der Waals surface area contributed by atoms with Crippen LogP contribution >= 0.6 is 11.3 Å². The first-order valence-corrected chi connectivity index (χ1v) is 12.8. The summed E-state index contributed by atoms with van der Waals surface area (Å²) in [7, 11) is 0. The highest BCUT2D eigenvalue weighted by Crippen LogP contribution is 2.37. The van der Waals surface area contributed by atoms with Gasteiger partial charge in [-0.1, -0.05) is 48.5 Å². The number of aliphatic hydroxyl groups excluding tert-OH is 1. The number of nitrogens with one attached hydrogen (secondary N) is 2. The number of carboxylic acid groups (broad SMARTS) is 1. The maximum Gasteiger partial charge on any atom is 0.323 e. The van der Waals surface area contributed by atoms with Gasteiger partial charge in [0.15, 0.2) is 0 Å². The van der Waals surface area contributed by atoms with Gasteiger partial charge in [0.2, 0.25) is 0 Å². The molecule has 0 bridgehead atoms. The summed E-state index contributed by atoms with van der Waals surface area (Å²) in [5, 5.41) is 25.7. The maximum absolute atomic E-state index is 12.4. The van der Waals surface area contributed by atoms with E-state index in [0.717, 1.165) is 43.7 Å². The monoisotopic (exact) mass is 524 g/mol. The second kappa shape index (κ2) is 11.2. The standard InChI is InChI=1S/C29H24N4O4S/c34-15-19-3-10-22(11-4-19)32-29(37)33-23-12-8-21(9-13-23)26-28-27(31-17-30-26)24(16-38-28)20-6-1-18(2-7-20)5-14-25(35)36/h1-4,6-13,16-17,34H,5,14-15H2,(H,35,36)(H2,32,33,37). The van der Waals surface area contributed by atoms with Crippen molar-refractivity contribution in [2.24, 2.45) is 0 Å². The molecule has 2 heterocycles. The summed E-state index contributed by atoms with van der Waals surface area (Å²) < 4.78 is 0.960. The Labute approximate surface area is 222 Å². The molecule has 0 spiro atoms. The molecule has 2 aromatic heterocycles. The van der Waals surface area contributed by atoms with E-state index in [-0.39, 0.29) is 19.1 Å². The lowest BCUT2D eigenvalue weighted by Gasteiger charge is -2.09. The summed E-state index contributed by atoms with van der Waals surface area (Å²) in [6.07, 6.45) is 2.16. The number of aliphatic hydroxyl groups is 1. The zero-order valence-corrected chi connectivity index (χ0v) is 21.0. The number of aromatic nitrogens is 2. The van der Waals surface area contributed by atoms with Gasteiger partial charge in [0, 0.05) is 34.3 Å². The zero-order valence-electron chi connectivity index (χ0n) is 20.2. The molecular formula is C29H24N4O4S. The number of amides is 2. The molecule has 5 rings (SSSR count). The summed E-state index contributed by atoms with van der Waals surface area (Å²) in [5.74, 6) is -0.806. The first-order valence-electron chi connectivity index (χ1n) is 11.9. The fourth-order valence-electron chi connectivity index (χ4n) is 4.06. The van der Waals surface area contributed by atoms with Gasteiger partial charge >= 0.3 is 12.0 Å². The van der Waals surface area contributed by atoms with Crippen molar-refractivity contribution in [2.75, 3.05) is 10.6 Å². The lowest BCUT2D eigenvalue weighted by atomic mass is 10.0. The maximum atomic E-state index is 12.4. The second-order valence-electron chi connectivity index (χ2n) is 8.65. The van der Waals surface area contributed by atoms with E-state index >= 15 is 0 Å². The number of nitrogens with zero attached hydrogens (tertiary/aromatic N) is 2. The van der Waals surface area contributed by atoms with Gasteiger partial charge in [-0.3, -0.25) is 4.79 Å². The Hall–Kier alpha value is -4.60. The number of aryl methyl sites for hydroxylation is 1. The van der Waals surface area contributed by atoms with E-state index in [2.05, 4.69) is 26.0 Å². The van der Waals surface area contributed by atoms with E-state index < -0.39 is 5.97 Å². The van der Waals surface area contributed by atoms with Crippen LogP contribution < -0.4 is 10.6 Å². The van der Waals surface area contributed by atoms with Crippen molar-refractivity contribution in [3.8, 4) is 22.4 Å². The molecule has 0 aliphatic rings. The molecule has 0 atom stereocenters. The molecule has 2 amide bonds. The molecule has 8 nitrogen and oxygen atoms in total. The highest BCUT2D eigenvalue weighted by Gasteiger charge is 2.14. The van der Waals surface area contributed by atoms with E-state index in [1.54, 1.807) is 41.9 Å². The summed E-state index contributed by atoms with van der Waals surface area (Å²) in [5.41, 5.74) is 7.59. The third-order valence-electron chi connectivity index (χ3n) is 6.06. The minimum absolute atomic E-state index is 0.0481. The number of benzene rings is 3. The number of rotatable bonds is 8. The van der Waals surface area contributed by atoms with Crippen LogP contribution in [0.5, 0.6) is 0 Å². The van der Waals surface area contributed by atoms with Gasteiger partial charge in [-0.2, -0.15) is 0 Å². The number of carbonyl (C=O) groups is 2. The molecule has 190 valence electrons. The topological polar surface area (TPSA) is 124 Å². The Balaban J connectivity index is 1.31. The summed E-state index contributed by atoms with van der Waals surface area (Å²) in [6.45, 7) is -0.0481. The number of carbonyl (C=O) groups excluding carboxylic acids is 1. The SMILES string of the molecule is O=C(O)CCc1ccc(-c2csc3c(-c4ccc(NC(=O)Nc5ccc(CO)cc5)cc4)ncnc23)cc1. The predicted octanol–water partition coefficient (Wildman–Crippen LogP) is 6.18. The first-order chi connectivity index (χ1) is 18.5. The van der Waals surface area contributed by atoms with Gasteiger partial charge in [-0.15, -0.1) is 11.3 Å². The van der Waals surface area contributed by atoms with Crippen molar-refractivity contribution < 1.29 is 19.8 Å². The van der Waals surface area contributed by atoms with Crippen LogP contribution in [0, 0.1) is 0 Å². The van der Waals surface area contributed by atoms with Gasteiger partial charge in [-0.25, -0.2) is 14.8 Å². The van der Waals surface area contributed by atoms with Crippen LogP contribution in [0.4, 0.5) is 16.2 Å². The number of fused-ring (bicyclic) bond motifs is 1. The van der Waals surface area contributed by atoms with E-state index in [0.29, 0.717) is 17.8 Å². The Morgan fingerprint density at radius 1 is 0.789 bits per heavy atom. The van der Waals surface area contributed by atoms with Crippen molar-refractivity contribution in [1.29, 1.82) is 0 Å². The predicted molar refractivity (Wildman–Crippen MR) is 149 cm³/mol. The first kappa shape index (κ1) is 25.1. The van der Waals surface area contributed by atoms with Crippen LogP contribution in [0.1, 0.15) is 17.5 Å². The Morgan fingerprint density at radius 2 is 1.39 bits per heavy atom. The number of thiophene rings is 1. The quantitative estimate of drug-likeness (QED) is 0.192. The van der Waals surface area contributed by atoms with Crippen LogP contribution in [0.25, 0.3) is 32.6 Å². The van der Waals surface area contributed by atoms with Gasteiger partial charge in [0.25, 0.3) is 0 Å². The largest absolute Gasteiger partial charge is 0.481 e. The summed E-state index contributed by atoms with van der Waals surface area (Å²) in [4.78, 5) is 32.3.